The first kappa shape index (κ1) is 14.9. The highest BCUT2D eigenvalue weighted by Gasteiger charge is 2.47. The Labute approximate surface area is 133 Å². The summed E-state index contributed by atoms with van der Waals surface area (Å²) in [5.41, 5.74) is 0.189. The molecule has 0 saturated carbocycles. The molecular formula is C17H16N2O4. The molecule has 3 rings (SSSR count). The summed E-state index contributed by atoms with van der Waals surface area (Å²) in [6, 6.07) is 11.4. The Morgan fingerprint density at radius 2 is 2.04 bits per heavy atom. The van der Waals surface area contributed by atoms with Gasteiger partial charge in [-0.1, -0.05) is 12.1 Å². The molecule has 6 heteroatoms. The fourth-order valence-corrected chi connectivity index (χ4v) is 2.32. The molecule has 0 bridgehead atoms. The lowest BCUT2D eigenvalue weighted by Gasteiger charge is -2.33. The van der Waals surface area contributed by atoms with Crippen LogP contribution in [0.4, 0.5) is 11.4 Å². The van der Waals surface area contributed by atoms with Gasteiger partial charge in [0, 0.05) is 11.8 Å². The number of hydrogen-bond acceptors (Lipinski definition) is 4. The van der Waals surface area contributed by atoms with Gasteiger partial charge in [-0.25, -0.2) is 0 Å². The van der Waals surface area contributed by atoms with E-state index in [1.807, 2.05) is 13.0 Å². The van der Waals surface area contributed by atoms with Crippen molar-refractivity contribution in [2.75, 3.05) is 10.6 Å². The van der Waals surface area contributed by atoms with Crippen LogP contribution in [0.2, 0.25) is 0 Å². The van der Waals surface area contributed by atoms with Crippen LogP contribution in [0.3, 0.4) is 0 Å². The molecule has 0 radical (unpaired) electrons. The standard InChI is InChI=1S/C17H16N2O4/c1-10-6-7-14-13(8-10)19-16(22)17(2,23-14)15(21)18-11-4-3-5-12(20)9-11/h3-9,20H,1-2H3,(H,18,21)(H,19,22). The molecule has 0 spiro atoms. The number of hydrogen-bond donors (Lipinski definition) is 3. The number of benzene rings is 2. The number of ether oxygens (including phenoxy) is 1. The van der Waals surface area contributed by atoms with E-state index in [1.54, 1.807) is 24.3 Å². The van der Waals surface area contributed by atoms with E-state index in [0.717, 1.165) is 5.56 Å². The van der Waals surface area contributed by atoms with Gasteiger partial charge in [-0.2, -0.15) is 0 Å². The third-order valence-corrected chi connectivity index (χ3v) is 3.67. The molecule has 3 N–H and O–H groups in total. The zero-order chi connectivity index (χ0) is 16.6. The number of aromatic hydroxyl groups is 1. The van der Waals surface area contributed by atoms with Gasteiger partial charge in [0.05, 0.1) is 5.69 Å². The van der Waals surface area contributed by atoms with Gasteiger partial charge in [-0.15, -0.1) is 0 Å². The first-order valence-electron chi connectivity index (χ1n) is 7.10. The van der Waals surface area contributed by atoms with Crippen molar-refractivity contribution in [3.05, 3.63) is 48.0 Å². The fourth-order valence-electron chi connectivity index (χ4n) is 2.32. The summed E-state index contributed by atoms with van der Waals surface area (Å²) in [4.78, 5) is 24.9. The second-order valence-corrected chi connectivity index (χ2v) is 5.59. The van der Waals surface area contributed by atoms with Gasteiger partial charge in [0.1, 0.15) is 11.5 Å². The molecule has 0 aromatic heterocycles. The van der Waals surface area contributed by atoms with Crippen molar-refractivity contribution in [1.29, 1.82) is 0 Å². The highest BCUT2D eigenvalue weighted by molar-refractivity contribution is 6.19. The molecule has 0 saturated heterocycles. The number of anilines is 2. The van der Waals surface area contributed by atoms with Gasteiger partial charge in [-0.05, 0) is 43.7 Å². The number of fused-ring (bicyclic) bond motifs is 1. The van der Waals surface area contributed by atoms with Gasteiger partial charge in [-0.3, -0.25) is 9.59 Å². The molecule has 2 amide bonds. The zero-order valence-corrected chi connectivity index (χ0v) is 12.7. The fraction of sp³-hybridized carbons (Fsp3) is 0.176. The van der Waals surface area contributed by atoms with Crippen LogP contribution >= 0.6 is 0 Å². The van der Waals surface area contributed by atoms with Gasteiger partial charge < -0.3 is 20.5 Å². The molecule has 1 aliphatic heterocycles. The Balaban J connectivity index is 1.87. The first-order chi connectivity index (χ1) is 10.9. The number of aryl methyl sites for hydroxylation is 1. The van der Waals surface area contributed by atoms with Crippen LogP contribution in [-0.4, -0.2) is 22.5 Å². The highest BCUT2D eigenvalue weighted by atomic mass is 16.5. The summed E-state index contributed by atoms with van der Waals surface area (Å²) in [6.45, 7) is 3.30. The van der Waals surface area contributed by atoms with Gasteiger partial charge in [0.25, 0.3) is 17.4 Å². The van der Waals surface area contributed by atoms with Crippen molar-refractivity contribution >= 4 is 23.2 Å². The minimum absolute atomic E-state index is 0.0165. The summed E-state index contributed by atoms with van der Waals surface area (Å²) in [5.74, 6) is -0.716. The Hall–Kier alpha value is -3.02. The van der Waals surface area contributed by atoms with E-state index in [9.17, 15) is 14.7 Å². The Bertz CT molecular complexity index is 803. The summed E-state index contributed by atoms with van der Waals surface area (Å²) in [5, 5.41) is 14.7. The molecule has 2 aromatic carbocycles. The number of nitrogens with one attached hydrogen (secondary N) is 2. The van der Waals surface area contributed by atoms with Crippen molar-refractivity contribution in [2.45, 2.75) is 19.4 Å². The first-order valence-corrected chi connectivity index (χ1v) is 7.10. The van der Waals surface area contributed by atoms with Crippen LogP contribution < -0.4 is 15.4 Å². The SMILES string of the molecule is Cc1ccc2c(c1)NC(=O)C(C)(C(=O)Nc1cccc(O)c1)O2. The van der Waals surface area contributed by atoms with E-state index < -0.39 is 17.4 Å². The van der Waals surface area contributed by atoms with Crippen LogP contribution in [0.1, 0.15) is 12.5 Å². The lowest BCUT2D eigenvalue weighted by Crippen LogP contribution is -2.56. The van der Waals surface area contributed by atoms with Crippen LogP contribution in [0.15, 0.2) is 42.5 Å². The number of carbonyl (C=O) groups excluding carboxylic acids is 2. The highest BCUT2D eigenvalue weighted by Crippen LogP contribution is 2.34. The summed E-state index contributed by atoms with van der Waals surface area (Å²) in [6.07, 6.45) is 0. The predicted octanol–water partition coefficient (Wildman–Crippen LogP) is 2.43. The smallest absolute Gasteiger partial charge is 0.278 e. The molecule has 6 nitrogen and oxygen atoms in total. The van der Waals surface area contributed by atoms with E-state index in [0.29, 0.717) is 17.1 Å². The largest absolute Gasteiger partial charge is 0.508 e. The lowest BCUT2D eigenvalue weighted by atomic mass is 10.0. The maximum atomic E-state index is 12.5. The van der Waals surface area contributed by atoms with Crippen LogP contribution in [0, 0.1) is 6.92 Å². The summed E-state index contributed by atoms with van der Waals surface area (Å²) >= 11 is 0. The second-order valence-electron chi connectivity index (χ2n) is 5.59. The third-order valence-electron chi connectivity index (χ3n) is 3.67. The molecule has 1 heterocycles. The maximum absolute atomic E-state index is 12.5. The zero-order valence-electron chi connectivity index (χ0n) is 12.7. The molecule has 118 valence electrons. The summed E-state index contributed by atoms with van der Waals surface area (Å²) in [7, 11) is 0. The maximum Gasteiger partial charge on any atom is 0.278 e. The van der Waals surface area contributed by atoms with Crippen molar-refractivity contribution in [1.82, 2.24) is 0 Å². The number of phenolic OH excluding ortho intramolecular Hbond substituents is 1. The molecule has 1 aliphatic rings. The lowest BCUT2D eigenvalue weighted by molar-refractivity contribution is -0.143. The topological polar surface area (TPSA) is 87.7 Å². The molecule has 0 fully saturated rings. The van der Waals surface area contributed by atoms with Crippen molar-refractivity contribution < 1.29 is 19.4 Å². The van der Waals surface area contributed by atoms with Crippen molar-refractivity contribution in [3.8, 4) is 11.5 Å². The van der Waals surface area contributed by atoms with Crippen molar-refractivity contribution in [2.24, 2.45) is 0 Å². The molecule has 1 atom stereocenters. The van der Waals surface area contributed by atoms with E-state index in [4.69, 9.17) is 4.74 Å². The van der Waals surface area contributed by atoms with E-state index >= 15 is 0 Å². The normalized spacial score (nSPS) is 19.3. The molecule has 2 aromatic rings. The number of amides is 2. The third kappa shape index (κ3) is 2.70. The van der Waals surface area contributed by atoms with Crippen molar-refractivity contribution in [3.63, 3.8) is 0 Å². The Kier molecular flexibility index (Phi) is 3.44. The molecule has 23 heavy (non-hydrogen) atoms. The van der Waals surface area contributed by atoms with Crippen LogP contribution in [0.5, 0.6) is 11.5 Å². The second kappa shape index (κ2) is 5.31. The number of carbonyl (C=O) groups is 2. The monoisotopic (exact) mass is 312 g/mol. The Morgan fingerprint density at radius 1 is 1.26 bits per heavy atom. The number of phenols is 1. The predicted molar refractivity (Wildman–Crippen MR) is 85.6 cm³/mol. The van der Waals surface area contributed by atoms with Gasteiger partial charge in [0.15, 0.2) is 0 Å². The minimum atomic E-state index is -1.70. The summed E-state index contributed by atoms with van der Waals surface area (Å²) < 4.78 is 5.66. The van der Waals surface area contributed by atoms with E-state index in [-0.39, 0.29) is 5.75 Å². The van der Waals surface area contributed by atoms with Crippen LogP contribution in [0.25, 0.3) is 0 Å². The molecular weight excluding hydrogens is 296 g/mol. The molecule has 1 unspecified atom stereocenters. The van der Waals surface area contributed by atoms with E-state index in [2.05, 4.69) is 10.6 Å². The molecule has 0 aliphatic carbocycles. The van der Waals surface area contributed by atoms with E-state index in [1.165, 1.54) is 19.1 Å². The quantitative estimate of drug-likeness (QED) is 0.743. The average molecular weight is 312 g/mol. The Morgan fingerprint density at radius 3 is 2.78 bits per heavy atom. The minimum Gasteiger partial charge on any atom is -0.508 e. The van der Waals surface area contributed by atoms with Gasteiger partial charge in [0.2, 0.25) is 0 Å². The van der Waals surface area contributed by atoms with Gasteiger partial charge >= 0.3 is 0 Å². The van der Waals surface area contributed by atoms with Crippen LogP contribution in [-0.2, 0) is 9.59 Å². The average Bonchev–Trinajstić information content (AvgIpc) is 2.49. The number of rotatable bonds is 2.